The topological polar surface area (TPSA) is 43.8 Å². The monoisotopic (exact) mass is 215 g/mol. The van der Waals surface area contributed by atoms with Crippen molar-refractivity contribution in [1.82, 2.24) is 9.78 Å². The Morgan fingerprint density at radius 1 is 1.50 bits per heavy atom. The van der Waals surface area contributed by atoms with E-state index in [1.165, 1.54) is 0 Å². The van der Waals surface area contributed by atoms with Gasteiger partial charge in [-0.25, -0.2) is 0 Å². The van der Waals surface area contributed by atoms with Gasteiger partial charge in [-0.3, -0.25) is 4.68 Å². The van der Waals surface area contributed by atoms with Crippen molar-refractivity contribution in [1.29, 1.82) is 0 Å². The Hall–Kier alpha value is -0.540. The molecule has 2 N–H and O–H groups in total. The van der Waals surface area contributed by atoms with Gasteiger partial charge in [-0.2, -0.15) is 5.10 Å². The van der Waals surface area contributed by atoms with E-state index < -0.39 is 0 Å². The average molecular weight is 216 g/mol. The molecule has 1 aromatic rings. The SMILES string of the molecule is Cc1nn(C(C)CCCN)c(C)c1Cl. The van der Waals surface area contributed by atoms with Crippen molar-refractivity contribution in [3.63, 3.8) is 0 Å². The molecule has 80 valence electrons. The highest BCUT2D eigenvalue weighted by Gasteiger charge is 2.13. The van der Waals surface area contributed by atoms with Gasteiger partial charge in [0.05, 0.1) is 16.4 Å². The van der Waals surface area contributed by atoms with Crippen molar-refractivity contribution >= 4 is 11.6 Å². The van der Waals surface area contributed by atoms with Gasteiger partial charge in [0.2, 0.25) is 0 Å². The van der Waals surface area contributed by atoms with Gasteiger partial charge < -0.3 is 5.73 Å². The predicted molar refractivity (Wildman–Crippen MR) is 59.7 cm³/mol. The molecule has 0 aliphatic heterocycles. The molecule has 0 aliphatic carbocycles. The summed E-state index contributed by atoms with van der Waals surface area (Å²) in [6, 6.07) is 0.379. The molecule has 4 heteroatoms. The Morgan fingerprint density at radius 2 is 2.14 bits per heavy atom. The van der Waals surface area contributed by atoms with E-state index in [0.29, 0.717) is 6.04 Å². The molecule has 14 heavy (non-hydrogen) atoms. The average Bonchev–Trinajstić information content (AvgIpc) is 2.42. The summed E-state index contributed by atoms with van der Waals surface area (Å²) in [5, 5.41) is 5.19. The van der Waals surface area contributed by atoms with Crippen molar-refractivity contribution in [3.05, 3.63) is 16.4 Å². The molecule has 0 saturated heterocycles. The molecule has 0 bridgehead atoms. The number of aryl methyl sites for hydroxylation is 1. The van der Waals surface area contributed by atoms with Crippen LogP contribution >= 0.6 is 11.6 Å². The van der Waals surface area contributed by atoms with Crippen LogP contribution in [-0.4, -0.2) is 16.3 Å². The zero-order chi connectivity index (χ0) is 10.7. The highest BCUT2D eigenvalue weighted by atomic mass is 35.5. The largest absolute Gasteiger partial charge is 0.330 e. The van der Waals surface area contributed by atoms with Crippen LogP contribution in [0.5, 0.6) is 0 Å². The van der Waals surface area contributed by atoms with E-state index in [9.17, 15) is 0 Å². The summed E-state index contributed by atoms with van der Waals surface area (Å²) in [4.78, 5) is 0. The molecule has 3 nitrogen and oxygen atoms in total. The van der Waals surface area contributed by atoms with Crippen LogP contribution in [-0.2, 0) is 0 Å². The van der Waals surface area contributed by atoms with E-state index >= 15 is 0 Å². The molecule has 1 rings (SSSR count). The van der Waals surface area contributed by atoms with Gasteiger partial charge in [0.1, 0.15) is 0 Å². The Bertz CT molecular complexity index is 307. The highest BCUT2D eigenvalue weighted by molar-refractivity contribution is 6.31. The number of aromatic nitrogens is 2. The Kier molecular flexibility index (Phi) is 3.96. The number of nitrogens with zero attached hydrogens (tertiary/aromatic N) is 2. The summed E-state index contributed by atoms with van der Waals surface area (Å²) in [5.41, 5.74) is 7.43. The minimum Gasteiger partial charge on any atom is -0.330 e. The fourth-order valence-corrected chi connectivity index (χ4v) is 1.73. The van der Waals surface area contributed by atoms with Crippen molar-refractivity contribution in [3.8, 4) is 0 Å². The van der Waals surface area contributed by atoms with E-state index in [2.05, 4.69) is 12.0 Å². The lowest BCUT2D eigenvalue weighted by Crippen LogP contribution is -2.11. The lowest BCUT2D eigenvalue weighted by atomic mass is 10.2. The van der Waals surface area contributed by atoms with E-state index in [1.54, 1.807) is 0 Å². The summed E-state index contributed by atoms with van der Waals surface area (Å²) in [6.45, 7) is 6.81. The minimum atomic E-state index is 0.379. The first-order valence-electron chi connectivity index (χ1n) is 4.99. The number of hydrogen-bond donors (Lipinski definition) is 1. The van der Waals surface area contributed by atoms with Crippen LogP contribution in [0.1, 0.15) is 37.2 Å². The summed E-state index contributed by atoms with van der Waals surface area (Å²) in [7, 11) is 0. The first kappa shape index (κ1) is 11.5. The first-order chi connectivity index (χ1) is 6.57. The summed E-state index contributed by atoms with van der Waals surface area (Å²) >= 11 is 6.07. The van der Waals surface area contributed by atoms with Crippen LogP contribution in [0.15, 0.2) is 0 Å². The third-order valence-corrected chi connectivity index (χ3v) is 3.03. The smallest absolute Gasteiger partial charge is 0.0844 e. The molecule has 0 spiro atoms. The maximum atomic E-state index is 6.07. The van der Waals surface area contributed by atoms with Crippen LogP contribution in [0.2, 0.25) is 5.02 Å². The van der Waals surface area contributed by atoms with Gasteiger partial charge in [-0.15, -0.1) is 0 Å². The molecule has 0 fully saturated rings. The summed E-state index contributed by atoms with van der Waals surface area (Å²) < 4.78 is 1.99. The third kappa shape index (κ3) is 2.28. The lowest BCUT2D eigenvalue weighted by molar-refractivity contribution is 0.439. The number of rotatable bonds is 4. The minimum absolute atomic E-state index is 0.379. The van der Waals surface area contributed by atoms with Gasteiger partial charge in [0.25, 0.3) is 0 Å². The molecule has 1 heterocycles. The molecule has 1 atom stereocenters. The van der Waals surface area contributed by atoms with Crippen molar-refractivity contribution in [2.75, 3.05) is 6.54 Å². The number of halogens is 1. The Morgan fingerprint density at radius 3 is 2.57 bits per heavy atom. The van der Waals surface area contributed by atoms with Crippen LogP contribution in [0, 0.1) is 13.8 Å². The van der Waals surface area contributed by atoms with Crippen molar-refractivity contribution in [2.24, 2.45) is 5.73 Å². The van der Waals surface area contributed by atoms with Crippen LogP contribution in [0.4, 0.5) is 0 Å². The van der Waals surface area contributed by atoms with Crippen LogP contribution in [0.25, 0.3) is 0 Å². The molecule has 0 aromatic carbocycles. The predicted octanol–water partition coefficient (Wildman–Crippen LogP) is 2.45. The zero-order valence-corrected chi connectivity index (χ0v) is 9.80. The molecule has 0 saturated carbocycles. The zero-order valence-electron chi connectivity index (χ0n) is 9.05. The summed E-state index contributed by atoms with van der Waals surface area (Å²) in [6.07, 6.45) is 2.08. The first-order valence-corrected chi connectivity index (χ1v) is 5.37. The number of hydrogen-bond acceptors (Lipinski definition) is 2. The number of nitrogens with two attached hydrogens (primary N) is 1. The quantitative estimate of drug-likeness (QED) is 0.839. The van der Waals surface area contributed by atoms with E-state index in [4.69, 9.17) is 17.3 Å². The molecular weight excluding hydrogens is 198 g/mol. The molecular formula is C10H18ClN3. The van der Waals surface area contributed by atoms with E-state index in [-0.39, 0.29) is 0 Å². The van der Waals surface area contributed by atoms with Crippen molar-refractivity contribution < 1.29 is 0 Å². The molecule has 1 unspecified atom stereocenters. The Labute approximate surface area is 90.2 Å². The van der Waals surface area contributed by atoms with Gasteiger partial charge in [0, 0.05) is 6.04 Å². The molecule has 1 aromatic heterocycles. The molecule has 0 radical (unpaired) electrons. The molecule has 0 amide bonds. The van der Waals surface area contributed by atoms with Gasteiger partial charge >= 0.3 is 0 Å². The van der Waals surface area contributed by atoms with E-state index in [0.717, 1.165) is 35.8 Å². The maximum absolute atomic E-state index is 6.07. The summed E-state index contributed by atoms with van der Waals surface area (Å²) in [5.74, 6) is 0. The van der Waals surface area contributed by atoms with Gasteiger partial charge in [0.15, 0.2) is 0 Å². The highest BCUT2D eigenvalue weighted by Crippen LogP contribution is 2.23. The second kappa shape index (κ2) is 4.80. The van der Waals surface area contributed by atoms with E-state index in [1.807, 2.05) is 18.5 Å². The van der Waals surface area contributed by atoms with Gasteiger partial charge in [-0.1, -0.05) is 11.6 Å². The Balaban J connectivity index is 2.79. The lowest BCUT2D eigenvalue weighted by Gasteiger charge is -2.13. The van der Waals surface area contributed by atoms with Crippen LogP contribution in [0.3, 0.4) is 0 Å². The van der Waals surface area contributed by atoms with Crippen molar-refractivity contribution in [2.45, 2.75) is 39.7 Å². The van der Waals surface area contributed by atoms with Gasteiger partial charge in [-0.05, 0) is 40.2 Å². The second-order valence-electron chi connectivity index (χ2n) is 3.71. The fourth-order valence-electron chi connectivity index (χ4n) is 1.61. The normalized spacial score (nSPS) is 13.2. The molecule has 0 aliphatic rings. The third-order valence-electron chi connectivity index (χ3n) is 2.48. The standard InChI is InChI=1S/C10H18ClN3/c1-7(5-4-6-12)14-9(3)10(11)8(2)13-14/h7H,4-6,12H2,1-3H3. The second-order valence-corrected chi connectivity index (χ2v) is 4.09. The fraction of sp³-hybridized carbons (Fsp3) is 0.700. The van der Waals surface area contributed by atoms with Crippen LogP contribution < -0.4 is 5.73 Å². The maximum Gasteiger partial charge on any atom is 0.0844 e.